The number of nitrogens with zero attached hydrogens (tertiary/aromatic N) is 3. The molecule has 3 N–H and O–H groups in total. The van der Waals surface area contributed by atoms with E-state index in [1.54, 1.807) is 0 Å². The van der Waals surface area contributed by atoms with Gasteiger partial charge in [0.05, 0.1) is 5.52 Å². The van der Waals surface area contributed by atoms with Crippen LogP contribution in [0.4, 0.5) is 11.8 Å². The molecule has 5 heteroatoms. The van der Waals surface area contributed by atoms with Gasteiger partial charge in [0.15, 0.2) is 0 Å². The number of rotatable bonds is 4. The van der Waals surface area contributed by atoms with Crippen molar-refractivity contribution < 1.29 is 0 Å². The van der Waals surface area contributed by atoms with Gasteiger partial charge in [0.1, 0.15) is 5.82 Å². The van der Waals surface area contributed by atoms with Crippen molar-refractivity contribution in [2.75, 3.05) is 30.9 Å². The van der Waals surface area contributed by atoms with Crippen LogP contribution in [0.1, 0.15) is 19.3 Å². The topological polar surface area (TPSA) is 67.1 Å². The summed E-state index contributed by atoms with van der Waals surface area (Å²) in [6, 6.07) is 8.48. The van der Waals surface area contributed by atoms with Gasteiger partial charge in [-0.3, -0.25) is 0 Å². The molecule has 1 aliphatic rings. The molecule has 1 aliphatic carbocycles. The van der Waals surface area contributed by atoms with Crippen molar-refractivity contribution >= 4 is 22.7 Å². The van der Waals surface area contributed by atoms with Gasteiger partial charge >= 0.3 is 0 Å². The van der Waals surface area contributed by atoms with E-state index in [9.17, 15) is 0 Å². The van der Waals surface area contributed by atoms with Crippen LogP contribution in [-0.4, -0.2) is 36.6 Å². The molecular weight excluding hydrogens is 262 g/mol. The molecule has 1 saturated carbocycles. The largest absolute Gasteiger partial charge is 0.362 e. The van der Waals surface area contributed by atoms with Crippen molar-refractivity contribution in [2.45, 2.75) is 25.3 Å². The molecule has 2 atom stereocenters. The Balaban J connectivity index is 1.82. The van der Waals surface area contributed by atoms with E-state index in [1.807, 2.05) is 37.2 Å². The Bertz CT molecular complexity index is 625. The second-order valence-corrected chi connectivity index (χ2v) is 6.10. The number of fused-ring (bicyclic) bond motifs is 1. The number of benzene rings is 1. The predicted octanol–water partition coefficient (Wildman–Crippen LogP) is 2.24. The van der Waals surface area contributed by atoms with E-state index < -0.39 is 0 Å². The second-order valence-electron chi connectivity index (χ2n) is 6.10. The third-order valence-corrected chi connectivity index (χ3v) is 4.14. The fourth-order valence-electron chi connectivity index (χ4n) is 3.01. The zero-order chi connectivity index (χ0) is 14.8. The van der Waals surface area contributed by atoms with E-state index in [0.29, 0.717) is 17.9 Å². The third kappa shape index (κ3) is 3.08. The molecule has 1 aromatic heterocycles. The summed E-state index contributed by atoms with van der Waals surface area (Å²) in [4.78, 5) is 11.3. The average Bonchev–Trinajstić information content (AvgIpc) is 2.89. The van der Waals surface area contributed by atoms with E-state index in [2.05, 4.69) is 21.4 Å². The molecule has 1 heterocycles. The SMILES string of the molecule is CN(C)c1nc(NC[C@@H]2CC[C@H](N)C2)nc2ccccc12. The second kappa shape index (κ2) is 5.85. The van der Waals surface area contributed by atoms with Crippen molar-refractivity contribution in [3.63, 3.8) is 0 Å². The van der Waals surface area contributed by atoms with Gasteiger partial charge in [-0.1, -0.05) is 12.1 Å². The minimum Gasteiger partial charge on any atom is -0.362 e. The standard InChI is InChI=1S/C16H23N5/c1-21(2)15-13-5-3-4-6-14(13)19-16(20-15)18-10-11-7-8-12(17)9-11/h3-6,11-12H,7-10,17H2,1-2H3,(H,18,19,20)/t11-,12+/m1/s1. The van der Waals surface area contributed by atoms with Gasteiger partial charge in [-0.05, 0) is 37.3 Å². The molecule has 0 aliphatic heterocycles. The van der Waals surface area contributed by atoms with Crippen LogP contribution in [0.25, 0.3) is 10.9 Å². The summed E-state index contributed by atoms with van der Waals surface area (Å²) in [7, 11) is 4.02. The zero-order valence-corrected chi connectivity index (χ0v) is 12.7. The summed E-state index contributed by atoms with van der Waals surface area (Å²) in [6.45, 7) is 0.902. The molecule has 112 valence electrons. The van der Waals surface area contributed by atoms with E-state index in [1.165, 1.54) is 6.42 Å². The van der Waals surface area contributed by atoms with E-state index in [0.717, 1.165) is 36.1 Å². The molecule has 3 rings (SSSR count). The van der Waals surface area contributed by atoms with Gasteiger partial charge < -0.3 is 16.0 Å². The molecule has 0 spiro atoms. The molecule has 1 aromatic carbocycles. The number of para-hydroxylation sites is 1. The molecule has 0 unspecified atom stereocenters. The first-order chi connectivity index (χ1) is 10.1. The number of anilines is 2. The lowest BCUT2D eigenvalue weighted by Crippen LogP contribution is -2.19. The van der Waals surface area contributed by atoms with Gasteiger partial charge in [-0.25, -0.2) is 4.98 Å². The van der Waals surface area contributed by atoms with E-state index >= 15 is 0 Å². The van der Waals surface area contributed by atoms with Crippen LogP contribution in [0.2, 0.25) is 0 Å². The highest BCUT2D eigenvalue weighted by atomic mass is 15.2. The molecule has 0 saturated heterocycles. The maximum atomic E-state index is 5.97. The molecule has 5 nitrogen and oxygen atoms in total. The van der Waals surface area contributed by atoms with Crippen LogP contribution < -0.4 is 16.0 Å². The van der Waals surface area contributed by atoms with Crippen LogP contribution in [0.15, 0.2) is 24.3 Å². The average molecular weight is 285 g/mol. The summed E-state index contributed by atoms with van der Waals surface area (Å²) in [5.41, 5.74) is 6.94. The Kier molecular flexibility index (Phi) is 3.92. The minimum atomic E-state index is 0.367. The van der Waals surface area contributed by atoms with Crippen LogP contribution in [0.3, 0.4) is 0 Å². The Morgan fingerprint density at radius 1 is 1.24 bits per heavy atom. The fraction of sp³-hybridized carbons (Fsp3) is 0.500. The Hall–Kier alpha value is -1.88. The van der Waals surface area contributed by atoms with Crippen molar-refractivity contribution in [2.24, 2.45) is 11.7 Å². The summed E-state index contributed by atoms with van der Waals surface area (Å²) in [6.07, 6.45) is 3.43. The van der Waals surface area contributed by atoms with Gasteiger partial charge in [0.25, 0.3) is 0 Å². The number of nitrogens with one attached hydrogen (secondary N) is 1. The highest BCUT2D eigenvalue weighted by Crippen LogP contribution is 2.26. The lowest BCUT2D eigenvalue weighted by molar-refractivity contribution is 0.564. The highest BCUT2D eigenvalue weighted by molar-refractivity contribution is 5.90. The number of nitrogens with two attached hydrogens (primary N) is 1. The monoisotopic (exact) mass is 285 g/mol. The Morgan fingerprint density at radius 3 is 2.76 bits per heavy atom. The lowest BCUT2D eigenvalue weighted by atomic mass is 10.1. The van der Waals surface area contributed by atoms with Gasteiger partial charge in [-0.15, -0.1) is 0 Å². The minimum absolute atomic E-state index is 0.367. The molecule has 0 amide bonds. The van der Waals surface area contributed by atoms with Gasteiger partial charge in [0, 0.05) is 32.1 Å². The lowest BCUT2D eigenvalue weighted by Gasteiger charge is -2.17. The quantitative estimate of drug-likeness (QED) is 0.901. The number of aromatic nitrogens is 2. The van der Waals surface area contributed by atoms with Gasteiger partial charge in [-0.2, -0.15) is 4.98 Å². The van der Waals surface area contributed by atoms with Crippen LogP contribution in [0.5, 0.6) is 0 Å². The molecular formula is C16H23N5. The first-order valence-electron chi connectivity index (χ1n) is 7.57. The summed E-state index contributed by atoms with van der Waals surface area (Å²) < 4.78 is 0. The van der Waals surface area contributed by atoms with Crippen molar-refractivity contribution in [1.82, 2.24) is 9.97 Å². The summed E-state index contributed by atoms with van der Waals surface area (Å²) in [5, 5.41) is 4.47. The predicted molar refractivity (Wildman–Crippen MR) is 87.7 cm³/mol. The van der Waals surface area contributed by atoms with Crippen LogP contribution in [0, 0.1) is 5.92 Å². The maximum Gasteiger partial charge on any atom is 0.225 e. The van der Waals surface area contributed by atoms with E-state index in [4.69, 9.17) is 5.73 Å². The highest BCUT2D eigenvalue weighted by Gasteiger charge is 2.21. The first-order valence-corrected chi connectivity index (χ1v) is 7.57. The van der Waals surface area contributed by atoms with E-state index in [-0.39, 0.29) is 0 Å². The number of hydrogen-bond donors (Lipinski definition) is 2. The smallest absolute Gasteiger partial charge is 0.225 e. The Morgan fingerprint density at radius 2 is 2.05 bits per heavy atom. The summed E-state index contributed by atoms with van der Waals surface area (Å²) >= 11 is 0. The third-order valence-electron chi connectivity index (χ3n) is 4.14. The van der Waals surface area contributed by atoms with Crippen molar-refractivity contribution in [3.05, 3.63) is 24.3 Å². The molecule has 21 heavy (non-hydrogen) atoms. The molecule has 0 radical (unpaired) electrons. The zero-order valence-electron chi connectivity index (χ0n) is 12.7. The van der Waals surface area contributed by atoms with Crippen molar-refractivity contribution in [1.29, 1.82) is 0 Å². The fourth-order valence-corrected chi connectivity index (χ4v) is 3.01. The summed E-state index contributed by atoms with van der Waals surface area (Å²) in [5.74, 6) is 2.29. The normalized spacial score (nSPS) is 21.7. The van der Waals surface area contributed by atoms with Crippen molar-refractivity contribution in [3.8, 4) is 0 Å². The van der Waals surface area contributed by atoms with Crippen LogP contribution in [-0.2, 0) is 0 Å². The van der Waals surface area contributed by atoms with Crippen LogP contribution >= 0.6 is 0 Å². The number of hydrogen-bond acceptors (Lipinski definition) is 5. The Labute approximate surface area is 125 Å². The molecule has 2 aromatic rings. The molecule has 1 fully saturated rings. The first kappa shape index (κ1) is 14.1. The molecule has 0 bridgehead atoms. The van der Waals surface area contributed by atoms with Gasteiger partial charge in [0.2, 0.25) is 5.95 Å². The maximum absolute atomic E-state index is 5.97.